The van der Waals surface area contributed by atoms with E-state index >= 15 is 0 Å². The number of nitrogens with zero attached hydrogens (tertiary/aromatic N) is 2. The Morgan fingerprint density at radius 2 is 1.77 bits per heavy atom. The number of methoxy groups -OCH3 is 1. The van der Waals surface area contributed by atoms with Crippen molar-refractivity contribution in [3.05, 3.63) is 69.8 Å². The van der Waals surface area contributed by atoms with Gasteiger partial charge in [0.1, 0.15) is 0 Å². The largest absolute Gasteiger partial charge is 0.474 e. The number of carbonyl (C=O) groups excluding carboxylic acids is 2. The first-order valence-corrected chi connectivity index (χ1v) is 9.43. The fourth-order valence-electron chi connectivity index (χ4n) is 2.88. The van der Waals surface area contributed by atoms with Gasteiger partial charge >= 0.3 is 11.7 Å². The fourth-order valence-corrected chi connectivity index (χ4v) is 2.88. The van der Waals surface area contributed by atoms with Crippen LogP contribution in [0.1, 0.15) is 43.6 Å². The molecule has 160 valence electrons. The summed E-state index contributed by atoms with van der Waals surface area (Å²) >= 11 is 0. The smallest absolute Gasteiger partial charge is 0.338 e. The Morgan fingerprint density at radius 3 is 2.30 bits per heavy atom. The van der Waals surface area contributed by atoms with Crippen LogP contribution in [0.3, 0.4) is 0 Å². The molecule has 2 aromatic rings. The molecule has 0 N–H and O–H groups in total. The molecule has 0 heterocycles. The van der Waals surface area contributed by atoms with Crippen LogP contribution in [0.5, 0.6) is 5.75 Å². The van der Waals surface area contributed by atoms with Crippen LogP contribution in [0.2, 0.25) is 0 Å². The van der Waals surface area contributed by atoms with Gasteiger partial charge in [-0.15, -0.1) is 0 Å². The van der Waals surface area contributed by atoms with E-state index in [2.05, 4.69) is 4.74 Å². The van der Waals surface area contributed by atoms with Crippen LogP contribution in [0.15, 0.2) is 48.5 Å². The summed E-state index contributed by atoms with van der Waals surface area (Å²) in [5, 5.41) is 11.4. The Balaban J connectivity index is 2.28. The summed E-state index contributed by atoms with van der Waals surface area (Å²) in [7, 11) is 1.19. The molecule has 0 unspecified atom stereocenters. The third kappa shape index (κ3) is 5.56. The molecule has 30 heavy (non-hydrogen) atoms. The van der Waals surface area contributed by atoms with Crippen molar-refractivity contribution in [1.82, 2.24) is 4.90 Å². The quantitative estimate of drug-likeness (QED) is 0.386. The van der Waals surface area contributed by atoms with Gasteiger partial charge in [0.15, 0.2) is 11.9 Å². The Bertz CT molecular complexity index is 921. The van der Waals surface area contributed by atoms with E-state index in [4.69, 9.17) is 4.74 Å². The summed E-state index contributed by atoms with van der Waals surface area (Å²) in [4.78, 5) is 37.3. The van der Waals surface area contributed by atoms with E-state index in [1.807, 2.05) is 51.1 Å². The van der Waals surface area contributed by atoms with Crippen molar-refractivity contribution in [2.75, 3.05) is 7.11 Å². The maximum atomic E-state index is 13.2. The highest BCUT2D eigenvalue weighted by atomic mass is 16.6. The van der Waals surface area contributed by atoms with Crippen LogP contribution < -0.4 is 4.74 Å². The van der Waals surface area contributed by atoms with Crippen molar-refractivity contribution in [2.45, 2.75) is 45.9 Å². The molecule has 0 saturated carbocycles. The Kier molecular flexibility index (Phi) is 7.15. The summed E-state index contributed by atoms with van der Waals surface area (Å²) in [6.45, 7) is 7.65. The second-order valence-corrected chi connectivity index (χ2v) is 7.77. The standard InChI is InChI=1S/C22H26N2O6/c1-15(20(25)23(22(2,3)4)14-16-9-7-6-8-10-16)30-19-12-11-17(21(26)29-5)13-18(19)24(27)28/h6-13,15H,14H2,1-5H3/t15-/m1/s1. The van der Waals surface area contributed by atoms with Crippen LogP contribution in [-0.2, 0) is 16.1 Å². The van der Waals surface area contributed by atoms with Crippen molar-refractivity contribution < 1.29 is 24.0 Å². The minimum Gasteiger partial charge on any atom is -0.474 e. The predicted molar refractivity (Wildman–Crippen MR) is 111 cm³/mol. The summed E-state index contributed by atoms with van der Waals surface area (Å²) in [5.41, 5.74) is 0.0748. The number of carbonyl (C=O) groups is 2. The first-order chi connectivity index (χ1) is 14.0. The Morgan fingerprint density at radius 1 is 1.13 bits per heavy atom. The van der Waals surface area contributed by atoms with Crippen molar-refractivity contribution in [3.8, 4) is 5.75 Å². The highest BCUT2D eigenvalue weighted by Crippen LogP contribution is 2.30. The molecule has 0 radical (unpaired) electrons. The lowest BCUT2D eigenvalue weighted by molar-refractivity contribution is -0.386. The van der Waals surface area contributed by atoms with Crippen LogP contribution in [0.25, 0.3) is 0 Å². The zero-order chi connectivity index (χ0) is 22.5. The first kappa shape index (κ1) is 22.9. The molecule has 0 bridgehead atoms. The molecule has 0 aliphatic heterocycles. The third-order valence-corrected chi connectivity index (χ3v) is 4.49. The maximum absolute atomic E-state index is 13.2. The van der Waals surface area contributed by atoms with Gasteiger partial charge in [0.2, 0.25) is 0 Å². The van der Waals surface area contributed by atoms with Gasteiger partial charge in [-0.2, -0.15) is 0 Å². The number of benzene rings is 2. The van der Waals surface area contributed by atoms with Crippen molar-refractivity contribution in [2.24, 2.45) is 0 Å². The summed E-state index contributed by atoms with van der Waals surface area (Å²) in [6, 6.07) is 13.3. The fraction of sp³-hybridized carbons (Fsp3) is 0.364. The van der Waals surface area contributed by atoms with E-state index in [-0.39, 0.29) is 17.2 Å². The van der Waals surface area contributed by atoms with Gasteiger partial charge in [0, 0.05) is 18.2 Å². The highest BCUT2D eigenvalue weighted by molar-refractivity contribution is 5.90. The molecule has 0 aliphatic rings. The number of hydrogen-bond acceptors (Lipinski definition) is 6. The first-order valence-electron chi connectivity index (χ1n) is 9.43. The number of nitro groups is 1. The third-order valence-electron chi connectivity index (χ3n) is 4.49. The number of esters is 1. The lowest BCUT2D eigenvalue weighted by Gasteiger charge is -2.37. The van der Waals surface area contributed by atoms with Crippen LogP contribution >= 0.6 is 0 Å². The molecule has 0 aromatic heterocycles. The van der Waals surface area contributed by atoms with E-state index in [0.29, 0.717) is 6.54 Å². The lowest BCUT2D eigenvalue weighted by atomic mass is 10.0. The molecule has 2 rings (SSSR count). The normalized spacial score (nSPS) is 12.0. The predicted octanol–water partition coefficient (Wildman–Crippen LogP) is 3.98. The summed E-state index contributed by atoms with van der Waals surface area (Å²) in [5.74, 6) is -1.10. The molecule has 0 spiro atoms. The van der Waals surface area contributed by atoms with E-state index in [9.17, 15) is 19.7 Å². The lowest BCUT2D eigenvalue weighted by Crippen LogP contribution is -2.50. The maximum Gasteiger partial charge on any atom is 0.338 e. The van der Waals surface area contributed by atoms with Crippen molar-refractivity contribution in [1.29, 1.82) is 0 Å². The molecule has 1 amide bonds. The van der Waals surface area contributed by atoms with Gasteiger partial charge in [-0.05, 0) is 45.4 Å². The second kappa shape index (κ2) is 9.39. The van der Waals surface area contributed by atoms with Gasteiger partial charge in [-0.3, -0.25) is 14.9 Å². The van der Waals surface area contributed by atoms with E-state index in [1.54, 1.807) is 11.8 Å². The van der Waals surface area contributed by atoms with Crippen LogP contribution in [-0.4, -0.2) is 40.5 Å². The minimum absolute atomic E-state index is 0.0240. The summed E-state index contributed by atoms with van der Waals surface area (Å²) in [6.07, 6.45) is -0.976. The van der Waals surface area contributed by atoms with Gasteiger partial charge in [-0.1, -0.05) is 30.3 Å². The molecule has 0 aliphatic carbocycles. The Hall–Kier alpha value is -3.42. The monoisotopic (exact) mass is 414 g/mol. The van der Waals surface area contributed by atoms with Gasteiger partial charge in [0.25, 0.3) is 5.91 Å². The zero-order valence-corrected chi connectivity index (χ0v) is 17.7. The topological polar surface area (TPSA) is 99.0 Å². The van der Waals surface area contributed by atoms with Gasteiger partial charge in [-0.25, -0.2) is 4.79 Å². The number of hydrogen-bond donors (Lipinski definition) is 0. The molecule has 8 nitrogen and oxygen atoms in total. The average Bonchev–Trinajstić information content (AvgIpc) is 2.70. The van der Waals surface area contributed by atoms with E-state index < -0.39 is 28.2 Å². The van der Waals surface area contributed by atoms with Gasteiger partial charge < -0.3 is 14.4 Å². The zero-order valence-electron chi connectivity index (χ0n) is 17.7. The van der Waals surface area contributed by atoms with Crippen LogP contribution in [0, 0.1) is 10.1 Å². The highest BCUT2D eigenvalue weighted by Gasteiger charge is 2.32. The molecular formula is C22H26N2O6. The van der Waals surface area contributed by atoms with Gasteiger partial charge in [0.05, 0.1) is 17.6 Å². The van der Waals surface area contributed by atoms with Crippen LogP contribution in [0.4, 0.5) is 5.69 Å². The molecule has 0 saturated heterocycles. The summed E-state index contributed by atoms with van der Waals surface area (Å²) < 4.78 is 10.3. The molecule has 1 atom stereocenters. The number of rotatable bonds is 7. The average molecular weight is 414 g/mol. The van der Waals surface area contributed by atoms with E-state index in [1.165, 1.54) is 19.2 Å². The molecule has 8 heteroatoms. The molecule has 2 aromatic carbocycles. The van der Waals surface area contributed by atoms with E-state index in [0.717, 1.165) is 11.6 Å². The second-order valence-electron chi connectivity index (χ2n) is 7.77. The molecular weight excluding hydrogens is 388 g/mol. The SMILES string of the molecule is COC(=O)c1ccc(O[C@H](C)C(=O)N(Cc2ccccc2)C(C)(C)C)c([N+](=O)[O-])c1. The number of amides is 1. The van der Waals surface area contributed by atoms with Crippen molar-refractivity contribution >= 4 is 17.6 Å². The molecule has 0 fully saturated rings. The Labute approximate surface area is 175 Å². The number of nitro benzene ring substituents is 1. The minimum atomic E-state index is -0.976. The number of ether oxygens (including phenoxy) is 2. The van der Waals surface area contributed by atoms with Crippen molar-refractivity contribution in [3.63, 3.8) is 0 Å².